The van der Waals surface area contributed by atoms with Gasteiger partial charge < -0.3 is 8.85 Å². The Labute approximate surface area is 246 Å². The minimum Gasteiger partial charge on any atom is -0.418 e. The van der Waals surface area contributed by atoms with Crippen LogP contribution in [0.15, 0.2) is 48.5 Å². The number of aromatic nitrogens is 2. The standard InChI is InChI=1S/C28H40N2O2S4Si2/c1-7-31-37(3,4)19-21(27-29-23-13-9-11-15-25(23)35-27)17-33-34-18-22(20-38(5,6)32-8-2)28-30-24-14-10-12-16-26(24)36-28/h9-16,21-22H,7-8,17-20H2,1-6H3. The third-order valence-corrected chi connectivity index (χ3v) is 16.5. The second kappa shape index (κ2) is 13.8. The van der Waals surface area contributed by atoms with Crippen molar-refractivity contribution in [1.29, 1.82) is 0 Å². The Balaban J connectivity index is 1.47. The molecule has 0 aliphatic carbocycles. The predicted octanol–water partition coefficient (Wildman–Crippen LogP) is 9.64. The van der Waals surface area contributed by atoms with Crippen LogP contribution in [0.5, 0.6) is 0 Å². The topological polar surface area (TPSA) is 44.2 Å². The zero-order valence-corrected chi connectivity index (χ0v) is 28.6. The Morgan fingerprint density at radius 1 is 0.684 bits per heavy atom. The molecule has 0 saturated carbocycles. The fourth-order valence-corrected chi connectivity index (χ4v) is 15.5. The first-order valence-corrected chi connectivity index (χ1v) is 23.8. The lowest BCUT2D eigenvalue weighted by Crippen LogP contribution is -2.33. The second-order valence-corrected chi connectivity index (χ2v) is 23.9. The minimum absolute atomic E-state index is 0.410. The molecule has 4 aromatic rings. The highest BCUT2D eigenvalue weighted by molar-refractivity contribution is 8.76. The summed E-state index contributed by atoms with van der Waals surface area (Å²) in [5.74, 6) is 2.92. The zero-order chi connectivity index (χ0) is 27.2. The second-order valence-electron chi connectivity index (χ2n) is 10.8. The van der Waals surface area contributed by atoms with E-state index in [1.54, 1.807) is 0 Å². The van der Waals surface area contributed by atoms with Crippen LogP contribution < -0.4 is 0 Å². The first-order valence-electron chi connectivity index (χ1n) is 13.4. The van der Waals surface area contributed by atoms with Crippen LogP contribution in [0.2, 0.25) is 38.3 Å². The number of rotatable bonds is 15. The highest BCUT2D eigenvalue weighted by Gasteiger charge is 2.31. The van der Waals surface area contributed by atoms with Gasteiger partial charge in [0.2, 0.25) is 0 Å². The van der Waals surface area contributed by atoms with Gasteiger partial charge in [-0.05, 0) is 76.4 Å². The van der Waals surface area contributed by atoms with E-state index >= 15 is 0 Å². The summed E-state index contributed by atoms with van der Waals surface area (Å²) in [6, 6.07) is 19.2. The molecule has 0 N–H and O–H groups in total. The SMILES string of the molecule is CCO[Si](C)(C)CC(CSSCC(C[Si](C)(C)OCC)c1nc2ccccc2s1)c1nc2ccccc2s1. The third-order valence-electron chi connectivity index (χ3n) is 6.49. The Kier molecular flexibility index (Phi) is 10.9. The molecule has 2 unspecified atom stereocenters. The van der Waals surface area contributed by atoms with Gasteiger partial charge in [0.25, 0.3) is 0 Å². The summed E-state index contributed by atoms with van der Waals surface area (Å²) in [5, 5.41) is 2.51. The molecule has 4 rings (SSSR count). The molecule has 4 nitrogen and oxygen atoms in total. The van der Waals surface area contributed by atoms with E-state index in [-0.39, 0.29) is 0 Å². The van der Waals surface area contributed by atoms with E-state index in [2.05, 4.69) is 88.6 Å². The average Bonchev–Trinajstić information content (AvgIpc) is 3.49. The van der Waals surface area contributed by atoms with Gasteiger partial charge in [-0.1, -0.05) is 45.9 Å². The monoisotopic (exact) mass is 620 g/mol. The maximum Gasteiger partial charge on any atom is 0.187 e. The lowest BCUT2D eigenvalue weighted by atomic mass is 10.2. The molecule has 0 radical (unpaired) electrons. The molecule has 0 aliphatic heterocycles. The lowest BCUT2D eigenvalue weighted by Gasteiger charge is -2.27. The van der Waals surface area contributed by atoms with Crippen LogP contribution in [0.25, 0.3) is 20.4 Å². The van der Waals surface area contributed by atoms with Crippen LogP contribution in [-0.2, 0) is 8.85 Å². The van der Waals surface area contributed by atoms with Crippen molar-refractivity contribution in [3.05, 3.63) is 58.5 Å². The highest BCUT2D eigenvalue weighted by Crippen LogP contribution is 2.41. The minimum atomic E-state index is -1.77. The summed E-state index contributed by atoms with van der Waals surface area (Å²) in [6.07, 6.45) is 0. The van der Waals surface area contributed by atoms with E-state index in [1.807, 2.05) is 44.3 Å². The first kappa shape index (κ1) is 30.2. The predicted molar refractivity (Wildman–Crippen MR) is 177 cm³/mol. The van der Waals surface area contributed by atoms with Crippen molar-refractivity contribution >= 4 is 81.3 Å². The third kappa shape index (κ3) is 8.39. The van der Waals surface area contributed by atoms with Crippen molar-refractivity contribution < 1.29 is 8.85 Å². The molecular formula is C28H40N2O2S4Si2. The summed E-state index contributed by atoms with van der Waals surface area (Å²) in [7, 11) is 0.455. The molecule has 38 heavy (non-hydrogen) atoms. The van der Waals surface area contributed by atoms with Crippen LogP contribution in [0, 0.1) is 0 Å². The molecule has 206 valence electrons. The van der Waals surface area contributed by atoms with E-state index < -0.39 is 16.6 Å². The van der Waals surface area contributed by atoms with Gasteiger partial charge in [-0.25, -0.2) is 9.97 Å². The van der Waals surface area contributed by atoms with Gasteiger partial charge >= 0.3 is 0 Å². The largest absolute Gasteiger partial charge is 0.418 e. The Morgan fingerprint density at radius 3 is 1.45 bits per heavy atom. The van der Waals surface area contributed by atoms with Gasteiger partial charge in [0.1, 0.15) is 0 Å². The fraction of sp³-hybridized carbons (Fsp3) is 0.500. The van der Waals surface area contributed by atoms with Crippen LogP contribution in [0.4, 0.5) is 0 Å². The molecule has 2 atom stereocenters. The molecule has 0 fully saturated rings. The molecule has 2 aromatic heterocycles. The van der Waals surface area contributed by atoms with Crippen LogP contribution in [0.3, 0.4) is 0 Å². The van der Waals surface area contributed by atoms with E-state index in [0.717, 1.165) is 47.8 Å². The van der Waals surface area contributed by atoms with E-state index in [4.69, 9.17) is 18.8 Å². The first-order chi connectivity index (χ1) is 18.2. The van der Waals surface area contributed by atoms with Crippen molar-refractivity contribution in [3.8, 4) is 0 Å². The molecule has 0 aliphatic rings. The number of para-hydroxylation sites is 2. The van der Waals surface area contributed by atoms with Gasteiger partial charge in [0.05, 0.1) is 30.4 Å². The summed E-state index contributed by atoms with van der Waals surface area (Å²) in [4.78, 5) is 10.1. The molecule has 0 saturated heterocycles. The Bertz CT molecular complexity index is 1140. The number of thiazole rings is 2. The maximum absolute atomic E-state index is 6.25. The van der Waals surface area contributed by atoms with Gasteiger partial charge in [-0.15, -0.1) is 22.7 Å². The molecular weight excluding hydrogens is 581 g/mol. The van der Waals surface area contributed by atoms with Gasteiger partial charge in [-0.3, -0.25) is 0 Å². The lowest BCUT2D eigenvalue weighted by molar-refractivity contribution is 0.326. The number of nitrogens with zero attached hydrogens (tertiary/aromatic N) is 2. The van der Waals surface area contributed by atoms with Gasteiger partial charge in [-0.2, -0.15) is 0 Å². The summed E-state index contributed by atoms with van der Waals surface area (Å²) < 4.78 is 15.1. The van der Waals surface area contributed by atoms with Crippen molar-refractivity contribution in [2.24, 2.45) is 0 Å². The van der Waals surface area contributed by atoms with E-state index in [9.17, 15) is 0 Å². The molecule has 0 amide bonds. The summed E-state index contributed by atoms with van der Waals surface area (Å²) in [6.45, 7) is 15.2. The van der Waals surface area contributed by atoms with E-state index in [1.165, 1.54) is 19.4 Å². The van der Waals surface area contributed by atoms with Crippen LogP contribution >= 0.6 is 44.3 Å². The van der Waals surface area contributed by atoms with Crippen LogP contribution in [0.1, 0.15) is 35.7 Å². The number of hydrogen-bond acceptors (Lipinski definition) is 8. The van der Waals surface area contributed by atoms with Crippen molar-refractivity contribution in [1.82, 2.24) is 9.97 Å². The number of benzene rings is 2. The summed E-state index contributed by atoms with van der Waals surface area (Å²) in [5.41, 5.74) is 2.23. The van der Waals surface area contributed by atoms with Gasteiger partial charge in [0, 0.05) is 36.6 Å². The van der Waals surface area contributed by atoms with E-state index in [0.29, 0.717) is 11.8 Å². The Morgan fingerprint density at radius 2 is 1.08 bits per heavy atom. The van der Waals surface area contributed by atoms with Crippen molar-refractivity contribution in [2.45, 2.75) is 64.0 Å². The van der Waals surface area contributed by atoms with Gasteiger partial charge in [0.15, 0.2) is 16.6 Å². The van der Waals surface area contributed by atoms with Crippen molar-refractivity contribution in [3.63, 3.8) is 0 Å². The highest BCUT2D eigenvalue weighted by atomic mass is 33.1. The smallest absolute Gasteiger partial charge is 0.187 e. The fourth-order valence-electron chi connectivity index (χ4n) is 4.91. The van der Waals surface area contributed by atoms with Crippen LogP contribution in [-0.4, -0.2) is 51.3 Å². The summed E-state index contributed by atoms with van der Waals surface area (Å²) >= 11 is 3.71. The quantitative estimate of drug-likeness (QED) is 0.0749. The molecule has 10 heteroatoms. The average molecular weight is 621 g/mol. The number of hydrogen-bond donors (Lipinski definition) is 0. The normalized spacial score (nSPS) is 14.4. The van der Waals surface area contributed by atoms with Crippen molar-refractivity contribution in [2.75, 3.05) is 24.7 Å². The number of fused-ring (bicyclic) bond motifs is 2. The Hall–Kier alpha value is -0.726. The molecule has 2 aromatic carbocycles. The molecule has 0 spiro atoms. The molecule has 0 bridgehead atoms. The molecule has 2 heterocycles. The zero-order valence-electron chi connectivity index (χ0n) is 23.4. The maximum atomic E-state index is 6.25.